The quantitative estimate of drug-likeness (QED) is 0.420. The van der Waals surface area contributed by atoms with Gasteiger partial charge in [0.1, 0.15) is 45.0 Å². The van der Waals surface area contributed by atoms with E-state index in [-0.39, 0.29) is 16.8 Å². The number of ether oxygens (including phenoxy) is 2. The van der Waals surface area contributed by atoms with Crippen LogP contribution in [-0.4, -0.2) is 69.2 Å². The van der Waals surface area contributed by atoms with E-state index in [0.29, 0.717) is 4.90 Å². The van der Waals surface area contributed by atoms with Crippen molar-refractivity contribution in [1.29, 1.82) is 5.26 Å². The van der Waals surface area contributed by atoms with E-state index in [4.69, 9.17) is 14.7 Å². The Kier molecular flexibility index (Phi) is 9.87. The molecular weight excluding hydrogens is 622 g/mol. The van der Waals surface area contributed by atoms with E-state index < -0.39 is 78.4 Å². The highest BCUT2D eigenvalue weighted by Crippen LogP contribution is 2.45. The number of carbonyl (C=O) groups is 2. The van der Waals surface area contributed by atoms with E-state index in [0.717, 1.165) is 18.2 Å². The van der Waals surface area contributed by atoms with Crippen LogP contribution in [0.15, 0.2) is 41.5 Å². The van der Waals surface area contributed by atoms with Crippen LogP contribution in [0.3, 0.4) is 0 Å². The third-order valence-electron chi connectivity index (χ3n) is 7.19. The van der Waals surface area contributed by atoms with E-state index in [1.54, 1.807) is 0 Å². The van der Waals surface area contributed by atoms with Gasteiger partial charge in [0.2, 0.25) is 0 Å². The molecule has 2 heterocycles. The van der Waals surface area contributed by atoms with Gasteiger partial charge < -0.3 is 14.6 Å². The second-order valence-corrected chi connectivity index (χ2v) is 16.1. The monoisotopic (exact) mass is 660 g/mol. The standard InChI is InChI=1S/C32H38F2N4O7S/c1-19-32(18-39,22-14-20(10-12-23(22)33)15-24(34)25-13-11-21(16-35)17-36-25)37-26(31(8,9)46(19,42)43)38(27(40)44-29(2,3)4)28(41)45-30(5,6)7/h10-15,17,19,39H,18H2,1-9H3/b24-15-/t19-,32+/m1/s1. The number of imide groups is 1. The van der Waals surface area contributed by atoms with Crippen LogP contribution in [0.25, 0.3) is 11.9 Å². The van der Waals surface area contributed by atoms with Crippen LogP contribution in [0.4, 0.5) is 18.4 Å². The number of aliphatic hydroxyl groups is 1. The van der Waals surface area contributed by atoms with E-state index in [2.05, 4.69) is 9.98 Å². The molecule has 1 aromatic carbocycles. The van der Waals surface area contributed by atoms with Crippen molar-refractivity contribution in [2.24, 2.45) is 4.99 Å². The molecule has 0 saturated carbocycles. The molecule has 0 saturated heterocycles. The Bertz CT molecular complexity index is 1710. The highest BCUT2D eigenvalue weighted by Gasteiger charge is 2.60. The lowest BCUT2D eigenvalue weighted by Gasteiger charge is -2.46. The van der Waals surface area contributed by atoms with Crippen LogP contribution < -0.4 is 0 Å². The van der Waals surface area contributed by atoms with E-state index in [1.165, 1.54) is 86.7 Å². The number of halogens is 2. The smallest absolute Gasteiger partial charge is 0.425 e. The maximum Gasteiger partial charge on any atom is 0.425 e. The number of amidine groups is 1. The summed E-state index contributed by atoms with van der Waals surface area (Å²) < 4.78 is 68.0. The largest absolute Gasteiger partial charge is 0.443 e. The predicted octanol–water partition coefficient (Wildman–Crippen LogP) is 5.91. The Balaban J connectivity index is 2.34. The normalized spacial score (nSPS) is 21.1. The summed E-state index contributed by atoms with van der Waals surface area (Å²) in [5, 5.41) is 18.2. The SMILES string of the molecule is C[C@@H]1[C@@](CO)(c2cc(/C=C(\F)c3ccc(C#N)cn3)ccc2F)N=C(N(C(=O)OC(C)(C)C)C(=O)OC(C)(C)C)C(C)(C)S1(=O)=O. The van der Waals surface area contributed by atoms with Gasteiger partial charge in [0, 0.05) is 11.8 Å². The summed E-state index contributed by atoms with van der Waals surface area (Å²) in [5.74, 6) is -2.51. The second-order valence-electron chi connectivity index (χ2n) is 13.3. The van der Waals surface area contributed by atoms with Gasteiger partial charge in [-0.25, -0.2) is 26.8 Å². The molecule has 0 aliphatic carbocycles. The number of sulfone groups is 1. The summed E-state index contributed by atoms with van der Waals surface area (Å²) >= 11 is 0. The summed E-state index contributed by atoms with van der Waals surface area (Å²) in [4.78, 5) is 35.8. The van der Waals surface area contributed by atoms with Crippen LogP contribution in [-0.2, 0) is 24.8 Å². The Morgan fingerprint density at radius 2 is 1.65 bits per heavy atom. The van der Waals surface area contributed by atoms with Gasteiger partial charge >= 0.3 is 12.2 Å². The molecule has 46 heavy (non-hydrogen) atoms. The molecule has 248 valence electrons. The zero-order chi connectivity index (χ0) is 35.0. The maximum absolute atomic E-state index is 15.7. The number of aliphatic imine (C=N–C) groups is 1. The minimum atomic E-state index is -4.50. The number of aromatic nitrogens is 1. The summed E-state index contributed by atoms with van der Waals surface area (Å²) in [6.07, 6.45) is -0.432. The zero-order valence-corrected chi connectivity index (χ0v) is 28.0. The lowest BCUT2D eigenvalue weighted by atomic mass is 9.85. The van der Waals surface area contributed by atoms with Gasteiger partial charge in [-0.2, -0.15) is 10.2 Å². The first-order valence-corrected chi connectivity index (χ1v) is 15.8. The van der Waals surface area contributed by atoms with Crippen LogP contribution in [0.2, 0.25) is 0 Å². The van der Waals surface area contributed by atoms with Gasteiger partial charge in [0.25, 0.3) is 0 Å². The molecule has 14 heteroatoms. The van der Waals surface area contributed by atoms with Crippen LogP contribution in [0.1, 0.15) is 84.7 Å². The number of nitriles is 1. The fraction of sp³-hybridized carbons (Fsp3) is 0.469. The lowest BCUT2D eigenvalue weighted by Crippen LogP contribution is -2.64. The fourth-order valence-electron chi connectivity index (χ4n) is 4.74. The third kappa shape index (κ3) is 7.10. The minimum Gasteiger partial charge on any atom is -0.443 e. The molecule has 0 radical (unpaired) electrons. The summed E-state index contributed by atoms with van der Waals surface area (Å²) in [7, 11) is -4.50. The highest BCUT2D eigenvalue weighted by molar-refractivity contribution is 7.94. The number of carbonyl (C=O) groups excluding carboxylic acids is 2. The van der Waals surface area contributed by atoms with Crippen molar-refractivity contribution < 1.29 is 41.4 Å². The molecule has 2 aromatic rings. The number of amides is 2. The molecule has 11 nitrogen and oxygen atoms in total. The molecule has 1 aromatic heterocycles. The number of benzene rings is 1. The molecule has 2 atom stereocenters. The number of nitrogens with zero attached hydrogens (tertiary/aromatic N) is 4. The van der Waals surface area contributed by atoms with E-state index in [1.807, 2.05) is 6.07 Å². The topological polar surface area (TPSA) is 159 Å². The molecule has 1 aliphatic heterocycles. The lowest BCUT2D eigenvalue weighted by molar-refractivity contribution is 0.0137. The van der Waals surface area contributed by atoms with E-state index in [9.17, 15) is 23.1 Å². The van der Waals surface area contributed by atoms with Crippen LogP contribution in [0, 0.1) is 17.1 Å². The Morgan fingerprint density at radius 1 is 1.09 bits per heavy atom. The van der Waals surface area contributed by atoms with Crippen LogP contribution in [0.5, 0.6) is 0 Å². The molecule has 1 aliphatic rings. The van der Waals surface area contributed by atoms with Gasteiger partial charge in [-0.3, -0.25) is 9.98 Å². The van der Waals surface area contributed by atoms with Gasteiger partial charge in [0.15, 0.2) is 9.84 Å². The summed E-state index contributed by atoms with van der Waals surface area (Å²) in [6.45, 7) is 11.8. The summed E-state index contributed by atoms with van der Waals surface area (Å²) in [5.41, 5.74) is -4.90. The predicted molar refractivity (Wildman–Crippen MR) is 167 cm³/mol. The van der Waals surface area contributed by atoms with Crippen molar-refractivity contribution in [3.8, 4) is 6.07 Å². The first-order chi connectivity index (χ1) is 21.0. The van der Waals surface area contributed by atoms with Gasteiger partial charge in [0.05, 0.1) is 23.1 Å². The number of pyridine rings is 1. The van der Waals surface area contributed by atoms with Gasteiger partial charge in [-0.1, -0.05) is 6.07 Å². The van der Waals surface area contributed by atoms with Crippen molar-refractivity contribution in [3.05, 3.63) is 64.7 Å². The highest BCUT2D eigenvalue weighted by atomic mass is 32.2. The number of rotatable bonds is 4. The van der Waals surface area contributed by atoms with Crippen molar-refractivity contribution in [1.82, 2.24) is 9.88 Å². The average molecular weight is 661 g/mol. The molecule has 0 unspecified atom stereocenters. The number of aliphatic hydroxyl groups excluding tert-OH is 1. The number of hydrogen-bond acceptors (Lipinski definition) is 10. The molecule has 0 bridgehead atoms. The molecular formula is C32H38F2N4O7S. The molecule has 0 spiro atoms. The van der Waals surface area contributed by atoms with Gasteiger partial charge in [-0.05, 0) is 98.2 Å². The first-order valence-electron chi connectivity index (χ1n) is 14.2. The Morgan fingerprint density at radius 3 is 2.11 bits per heavy atom. The Labute approximate surface area is 267 Å². The van der Waals surface area contributed by atoms with Crippen molar-refractivity contribution in [2.75, 3.05) is 6.61 Å². The fourth-order valence-corrected chi connectivity index (χ4v) is 6.78. The molecule has 3 rings (SSSR count). The minimum absolute atomic E-state index is 0.0511. The second kappa shape index (κ2) is 12.5. The molecule has 1 N–H and O–H groups in total. The van der Waals surface area contributed by atoms with E-state index >= 15 is 8.78 Å². The average Bonchev–Trinajstić information content (AvgIpc) is 2.93. The summed E-state index contributed by atoms with van der Waals surface area (Å²) in [6, 6.07) is 7.80. The van der Waals surface area contributed by atoms with Crippen LogP contribution >= 0.6 is 0 Å². The third-order valence-corrected chi connectivity index (χ3v) is 10.1. The molecule has 2 amide bonds. The Hall–Kier alpha value is -4.22. The van der Waals surface area contributed by atoms with Crippen molar-refractivity contribution in [3.63, 3.8) is 0 Å². The molecule has 0 fully saturated rings. The zero-order valence-electron chi connectivity index (χ0n) is 27.2. The first kappa shape index (κ1) is 36.3. The van der Waals surface area contributed by atoms with Crippen molar-refractivity contribution in [2.45, 2.75) is 89.1 Å². The number of hydrogen-bond donors (Lipinski definition) is 1. The van der Waals surface area contributed by atoms with Crippen molar-refractivity contribution >= 4 is 39.8 Å². The van der Waals surface area contributed by atoms with Gasteiger partial charge in [-0.15, -0.1) is 0 Å². The maximum atomic E-state index is 15.7.